The van der Waals surface area contributed by atoms with Gasteiger partial charge < -0.3 is 22.5 Å². The fourth-order valence-electron chi connectivity index (χ4n) is 4.41. The van der Waals surface area contributed by atoms with E-state index < -0.39 is 27.1 Å². The number of para-hydroxylation sites is 1. The molecule has 0 aromatic heterocycles. The monoisotopic (exact) mass is 602 g/mol. The van der Waals surface area contributed by atoms with E-state index >= 15 is 0 Å². The summed E-state index contributed by atoms with van der Waals surface area (Å²) < 4.78 is 1.42. The number of nitrogens with one attached hydrogen (secondary N) is 2. The standard InChI is InChI=1S/C16H36N.C14H11N5O5S/c1-5-9-13-17(14-10-6-2,15-11-7-3)16-12-8-4;20-13(16-17-14(25)15-10-4-2-1-3-5-10)9-6-11(18(21)22)8-12(7-9)19(23)24/h5-16H2,1-4H3;1-8H,(H,16,20)(H2,15,17,25)/q+1;/p-1. The highest BCUT2D eigenvalue weighted by molar-refractivity contribution is 7.77. The van der Waals surface area contributed by atoms with Crippen LogP contribution in [0, 0.1) is 20.2 Å². The molecular weight excluding hydrogens is 556 g/mol. The molecular formula is C30H46N6O5S. The summed E-state index contributed by atoms with van der Waals surface area (Å²) in [6, 6.07) is 11.3. The Morgan fingerprint density at radius 2 is 1.19 bits per heavy atom. The molecule has 2 rings (SSSR count). The molecule has 0 saturated carbocycles. The molecule has 0 atom stereocenters. The number of hydrogen-bond donors (Lipinski definition) is 2. The van der Waals surface area contributed by atoms with Gasteiger partial charge in [0.25, 0.3) is 17.3 Å². The molecule has 11 nitrogen and oxygen atoms in total. The highest BCUT2D eigenvalue weighted by atomic mass is 32.1. The lowest BCUT2D eigenvalue weighted by Crippen LogP contribution is -2.50. The summed E-state index contributed by atoms with van der Waals surface area (Å²) in [5.41, 5.74) is 3.68. The molecule has 2 N–H and O–H groups in total. The summed E-state index contributed by atoms with van der Waals surface area (Å²) in [6.07, 6.45) is 11.1. The van der Waals surface area contributed by atoms with Gasteiger partial charge in [-0.05, 0) is 43.0 Å². The summed E-state index contributed by atoms with van der Waals surface area (Å²) in [5.74, 6) is -0.836. The van der Waals surface area contributed by atoms with Crippen molar-refractivity contribution in [2.75, 3.05) is 26.2 Å². The van der Waals surface area contributed by atoms with Crippen molar-refractivity contribution in [3.05, 3.63) is 74.3 Å². The Labute approximate surface area is 255 Å². The highest BCUT2D eigenvalue weighted by Crippen LogP contribution is 2.22. The van der Waals surface area contributed by atoms with E-state index in [4.69, 9.17) is 12.6 Å². The molecule has 0 saturated heterocycles. The Hall–Kier alpha value is -3.64. The third-order valence-electron chi connectivity index (χ3n) is 6.80. The smallest absolute Gasteiger partial charge is 0.277 e. The number of non-ortho nitro benzene ring substituents is 2. The van der Waals surface area contributed by atoms with E-state index in [0.29, 0.717) is 5.69 Å². The SMILES string of the molecule is CCCC[N+](CCCC)(CCCC)CCCC.O=C(NNC([S-])=Nc1ccccc1)c1cc([N+](=O)[O-])cc([N+](=O)[O-])c1. The molecule has 0 heterocycles. The van der Waals surface area contributed by atoms with Crippen LogP contribution in [0.15, 0.2) is 53.5 Å². The maximum atomic E-state index is 12.0. The van der Waals surface area contributed by atoms with Crippen LogP contribution in [0.1, 0.15) is 89.4 Å². The number of amidine groups is 1. The average molecular weight is 603 g/mol. The van der Waals surface area contributed by atoms with Crippen molar-refractivity contribution >= 4 is 40.8 Å². The van der Waals surface area contributed by atoms with Crippen LogP contribution in [-0.2, 0) is 12.6 Å². The first-order valence-corrected chi connectivity index (χ1v) is 15.2. The fraction of sp³-hybridized carbons (Fsp3) is 0.533. The first kappa shape index (κ1) is 36.4. The molecule has 42 heavy (non-hydrogen) atoms. The third-order valence-corrected chi connectivity index (χ3v) is 6.99. The Bertz CT molecular complexity index is 1080. The molecule has 0 aliphatic carbocycles. The summed E-state index contributed by atoms with van der Waals surface area (Å²) in [4.78, 5) is 36.0. The molecule has 232 valence electrons. The molecule has 0 spiro atoms. The number of nitro benzene ring substituents is 2. The minimum absolute atomic E-state index is 0.0560. The van der Waals surface area contributed by atoms with Crippen molar-refractivity contribution in [3.8, 4) is 0 Å². The number of unbranched alkanes of at least 4 members (excludes halogenated alkanes) is 4. The number of nitro groups is 2. The number of amides is 1. The maximum absolute atomic E-state index is 12.0. The Morgan fingerprint density at radius 1 is 0.762 bits per heavy atom. The predicted octanol–water partition coefficient (Wildman–Crippen LogP) is 6.98. The topological polar surface area (TPSA) is 140 Å². The lowest BCUT2D eigenvalue weighted by atomic mass is 10.1. The zero-order chi connectivity index (χ0) is 31.4. The van der Waals surface area contributed by atoms with E-state index in [-0.39, 0.29) is 10.7 Å². The molecule has 0 fully saturated rings. The fourth-order valence-corrected chi connectivity index (χ4v) is 4.57. The van der Waals surface area contributed by atoms with E-state index in [1.54, 1.807) is 30.3 Å². The minimum atomic E-state index is -0.836. The summed E-state index contributed by atoms with van der Waals surface area (Å²) >= 11 is 4.93. The summed E-state index contributed by atoms with van der Waals surface area (Å²) in [5, 5.41) is 21.6. The van der Waals surface area contributed by atoms with Crippen LogP contribution in [0.4, 0.5) is 17.1 Å². The number of rotatable bonds is 16. The van der Waals surface area contributed by atoms with Gasteiger partial charge in [-0.15, -0.1) is 0 Å². The molecule has 12 heteroatoms. The largest absolute Gasteiger partial charge is 0.741 e. The zero-order valence-corrected chi connectivity index (χ0v) is 26.2. The van der Waals surface area contributed by atoms with Crippen LogP contribution >= 0.6 is 0 Å². The van der Waals surface area contributed by atoms with Gasteiger partial charge in [0.1, 0.15) is 0 Å². The summed E-state index contributed by atoms with van der Waals surface area (Å²) in [7, 11) is 0. The number of benzene rings is 2. The van der Waals surface area contributed by atoms with Crippen molar-refractivity contribution in [1.82, 2.24) is 10.9 Å². The first-order valence-electron chi connectivity index (χ1n) is 14.8. The minimum Gasteiger partial charge on any atom is -0.741 e. The molecule has 0 unspecified atom stereocenters. The average Bonchev–Trinajstić information content (AvgIpc) is 2.99. The van der Waals surface area contributed by atoms with Crippen LogP contribution in [0.5, 0.6) is 0 Å². The maximum Gasteiger partial charge on any atom is 0.277 e. The number of nitrogens with zero attached hydrogens (tertiary/aromatic N) is 4. The molecule has 2 aromatic rings. The second-order valence-corrected chi connectivity index (χ2v) is 10.6. The van der Waals surface area contributed by atoms with Gasteiger partial charge >= 0.3 is 0 Å². The number of aliphatic imine (C=N–C) groups is 1. The number of hydrazine groups is 1. The van der Waals surface area contributed by atoms with Crippen LogP contribution < -0.4 is 10.9 Å². The number of hydrogen-bond acceptors (Lipinski definition) is 7. The zero-order valence-electron chi connectivity index (χ0n) is 25.3. The van der Waals surface area contributed by atoms with Crippen LogP contribution in [0.3, 0.4) is 0 Å². The van der Waals surface area contributed by atoms with E-state index in [0.717, 1.165) is 18.2 Å². The quantitative estimate of drug-likeness (QED) is 0.0528. The van der Waals surface area contributed by atoms with Gasteiger partial charge in [-0.3, -0.25) is 35.4 Å². The number of quaternary nitrogens is 1. The molecule has 2 aromatic carbocycles. The van der Waals surface area contributed by atoms with Crippen molar-refractivity contribution in [3.63, 3.8) is 0 Å². The van der Waals surface area contributed by atoms with Crippen LogP contribution in [-0.4, -0.2) is 51.6 Å². The van der Waals surface area contributed by atoms with Crippen molar-refractivity contribution in [2.24, 2.45) is 4.99 Å². The van der Waals surface area contributed by atoms with Gasteiger partial charge in [-0.2, -0.15) is 0 Å². The van der Waals surface area contributed by atoms with Gasteiger partial charge in [0, 0.05) is 12.1 Å². The number of carbonyl (C=O) groups is 1. The van der Waals surface area contributed by atoms with Gasteiger partial charge in [0.2, 0.25) is 0 Å². The summed E-state index contributed by atoms with van der Waals surface area (Å²) in [6.45, 7) is 15.0. The van der Waals surface area contributed by atoms with Crippen LogP contribution in [0.25, 0.3) is 0 Å². The number of carbonyl (C=O) groups excluding carboxylic acids is 1. The van der Waals surface area contributed by atoms with Crippen LogP contribution in [0.2, 0.25) is 0 Å². The van der Waals surface area contributed by atoms with Gasteiger partial charge in [0.05, 0.1) is 53.3 Å². The molecule has 0 aliphatic rings. The van der Waals surface area contributed by atoms with Crippen molar-refractivity contribution in [1.29, 1.82) is 0 Å². The van der Waals surface area contributed by atoms with Crippen molar-refractivity contribution in [2.45, 2.75) is 79.1 Å². The van der Waals surface area contributed by atoms with E-state index in [2.05, 4.69) is 43.5 Å². The van der Waals surface area contributed by atoms with Gasteiger partial charge in [-0.25, -0.2) is 0 Å². The Balaban J connectivity index is 0.000000456. The van der Waals surface area contributed by atoms with E-state index in [1.807, 2.05) is 0 Å². The van der Waals surface area contributed by atoms with Gasteiger partial charge in [0.15, 0.2) is 0 Å². The molecule has 0 bridgehead atoms. The lowest BCUT2D eigenvalue weighted by molar-refractivity contribution is -0.929. The second kappa shape index (κ2) is 20.3. The Kier molecular flexibility index (Phi) is 17.6. The second-order valence-electron chi connectivity index (χ2n) is 10.2. The Morgan fingerprint density at radius 3 is 1.57 bits per heavy atom. The van der Waals surface area contributed by atoms with Crippen molar-refractivity contribution < 1.29 is 19.1 Å². The molecule has 1 amide bonds. The molecule has 0 aliphatic heterocycles. The lowest BCUT2D eigenvalue weighted by Gasteiger charge is -2.39. The van der Waals surface area contributed by atoms with E-state index in [1.165, 1.54) is 82.0 Å². The van der Waals surface area contributed by atoms with E-state index in [9.17, 15) is 25.0 Å². The molecule has 0 radical (unpaired) electrons. The third kappa shape index (κ3) is 13.8. The highest BCUT2D eigenvalue weighted by Gasteiger charge is 2.24. The normalized spacial score (nSPS) is 11.3. The first-order chi connectivity index (χ1) is 20.1. The van der Waals surface area contributed by atoms with Gasteiger partial charge in [-0.1, -0.05) is 71.6 Å². The predicted molar refractivity (Wildman–Crippen MR) is 171 cm³/mol.